The molecule has 4 aliphatic rings. The van der Waals surface area contributed by atoms with Gasteiger partial charge in [0.2, 0.25) is 53.2 Å². The summed E-state index contributed by atoms with van der Waals surface area (Å²) in [7, 11) is -3.01. The van der Waals surface area contributed by atoms with E-state index < -0.39 is 158 Å². The van der Waals surface area contributed by atoms with Crippen molar-refractivity contribution in [3.8, 4) is 5.75 Å². The Labute approximate surface area is 697 Å². The number of amides is 8. The minimum Gasteiger partial charge on any atom is -0.487 e. The number of esters is 1. The van der Waals surface area contributed by atoms with Crippen LogP contribution in [0.2, 0.25) is 0 Å². The molecule has 29 heteroatoms. The first-order valence-electron chi connectivity index (χ1n) is 41.6. The number of guanidine groups is 1. The summed E-state index contributed by atoms with van der Waals surface area (Å²) in [5.74, 6) is -6.78. The van der Waals surface area contributed by atoms with Crippen LogP contribution in [0.4, 0.5) is 0 Å². The molecule has 117 heavy (non-hydrogen) atoms. The third kappa shape index (κ3) is 24.1. The summed E-state index contributed by atoms with van der Waals surface area (Å²) in [5, 5.41) is 17.5. The van der Waals surface area contributed by atoms with Crippen molar-refractivity contribution in [1.82, 2.24) is 46.4 Å². The third-order valence-electron chi connectivity index (χ3n) is 22.9. The number of methoxy groups -OCH3 is 1. The molecule has 4 aromatic rings. The van der Waals surface area contributed by atoms with Crippen molar-refractivity contribution < 1.29 is 70.5 Å². The summed E-state index contributed by atoms with van der Waals surface area (Å²) in [6.45, 7) is 30.4. The van der Waals surface area contributed by atoms with Crippen molar-refractivity contribution in [3.63, 3.8) is 0 Å². The lowest BCUT2D eigenvalue weighted by Crippen LogP contribution is -2.62. The summed E-state index contributed by atoms with van der Waals surface area (Å²) < 4.78 is 53.1. The fourth-order valence-electron chi connectivity index (χ4n) is 16.2. The molecule has 644 valence electrons. The summed E-state index contributed by atoms with van der Waals surface area (Å²) in [4.78, 5) is 142. The highest BCUT2D eigenvalue weighted by molar-refractivity contribution is 8.00. The first kappa shape index (κ1) is 93.9. The molecule has 2 saturated heterocycles. The Kier molecular flexibility index (Phi) is 32.8. The van der Waals surface area contributed by atoms with E-state index in [9.17, 15) is 22.8 Å². The molecule has 0 spiro atoms. The van der Waals surface area contributed by atoms with Crippen LogP contribution in [0, 0.1) is 44.4 Å². The Morgan fingerprint density at radius 2 is 1.17 bits per heavy atom. The molecule has 1 aliphatic carbocycles. The number of likely N-dealkylation sites (tertiary alicyclic amines) is 2. The van der Waals surface area contributed by atoms with Crippen LogP contribution in [0.1, 0.15) is 213 Å². The number of nitrogens with one attached hydrogen (secondary N) is 7. The van der Waals surface area contributed by atoms with Crippen LogP contribution in [0.5, 0.6) is 5.75 Å². The summed E-state index contributed by atoms with van der Waals surface area (Å²) >= 11 is 1.44. The van der Waals surface area contributed by atoms with Gasteiger partial charge in [-0.2, -0.15) is 0 Å². The number of rotatable bonds is 37. The first-order valence-corrected chi connectivity index (χ1v) is 44.0. The lowest BCUT2D eigenvalue weighted by molar-refractivity contribution is -0.150. The standard InChI is InChI=1S/C88H130N12O15S2/c1-19-53(5)71(80(106)95-67(78(104)97-72(54(6)20-2)83(109)112-18)51-116-88(59-35-24-21-25-36-59,60-37-26-22-27-38-60)61-39-28-23-29-40-61)96-79(105)70-47-58-34-30-31-42-68(58)100(70)82(108)69-43-33-45-99(69)81(107)65(46-52(3)4)93-77(103)66(50-114-86(13,14)15)94-76(102)64(92-75(101)63(89)49-113-85(10,11)12)41-32-44-91-84(90)98-117(110,111)74-56(8)55(7)73-62(57(74)9)48-87(16,17)115-73/h21-29,35-40,52-54,58,63-72H,19-20,30-34,41-51,89H2,1-18H3,(H,92,101)(H,93,103)(H,94,102)(H,95,106)(H,96,105)(H,97,104)(H3,90,91,98)/t53-,54-,58-,63-,64-,65-,66-,67-,68-,69-,70-,71-,72-/m0/s1. The molecule has 0 aromatic heterocycles. The van der Waals surface area contributed by atoms with Crippen molar-refractivity contribution >= 4 is 81.0 Å². The lowest BCUT2D eigenvalue weighted by atomic mass is 9.84. The minimum atomic E-state index is -4.27. The van der Waals surface area contributed by atoms with E-state index in [1.54, 1.807) is 60.3 Å². The van der Waals surface area contributed by atoms with E-state index >= 15 is 28.8 Å². The molecule has 3 heterocycles. The van der Waals surface area contributed by atoms with Gasteiger partial charge in [0.25, 0.3) is 10.0 Å². The molecule has 11 N–H and O–H groups in total. The maximum Gasteiger partial charge on any atom is 0.328 e. The summed E-state index contributed by atoms with van der Waals surface area (Å²) in [6.07, 6.45) is 5.43. The maximum absolute atomic E-state index is 15.9. The van der Waals surface area contributed by atoms with E-state index in [0.717, 1.165) is 41.5 Å². The number of carbonyl (C=O) groups is 9. The molecular formula is C88H130N12O15S2. The van der Waals surface area contributed by atoms with Crippen molar-refractivity contribution in [2.24, 2.45) is 40.1 Å². The average Bonchev–Trinajstić information content (AvgIpc) is 1.74. The summed E-state index contributed by atoms with van der Waals surface area (Å²) in [6, 6.07) is 18.3. The van der Waals surface area contributed by atoms with Gasteiger partial charge in [0.1, 0.15) is 65.7 Å². The molecule has 8 rings (SSSR count). The highest BCUT2D eigenvalue weighted by Crippen LogP contribution is 2.49. The van der Waals surface area contributed by atoms with E-state index in [1.165, 1.54) is 23.8 Å². The Balaban J connectivity index is 1.03. The van der Waals surface area contributed by atoms with Crippen LogP contribution in [0.15, 0.2) is 101 Å². The topological polar surface area (TPSA) is 380 Å². The monoisotopic (exact) mass is 1660 g/mol. The molecule has 0 bridgehead atoms. The molecule has 27 nitrogen and oxygen atoms in total. The zero-order valence-corrected chi connectivity index (χ0v) is 73.5. The second-order valence-electron chi connectivity index (χ2n) is 35.0. The quantitative estimate of drug-likeness (QED) is 0.00669. The number of fused-ring (bicyclic) bond motifs is 2. The molecular weight excluding hydrogens is 1530 g/mol. The number of ether oxygens (including phenoxy) is 4. The van der Waals surface area contributed by atoms with Gasteiger partial charge in [-0.25, -0.2) is 17.9 Å². The van der Waals surface area contributed by atoms with E-state index in [0.29, 0.717) is 61.0 Å². The third-order valence-corrected chi connectivity index (χ3v) is 26.2. The van der Waals surface area contributed by atoms with Gasteiger partial charge in [0.15, 0.2) is 0 Å². The fraction of sp³-hybridized carbons (Fsp3) is 0.614. The van der Waals surface area contributed by atoms with E-state index in [4.69, 9.17) is 30.4 Å². The van der Waals surface area contributed by atoms with E-state index in [1.807, 2.05) is 153 Å². The average molecular weight is 1660 g/mol. The highest BCUT2D eigenvalue weighted by Gasteiger charge is 2.53. The summed E-state index contributed by atoms with van der Waals surface area (Å²) in [5.41, 5.74) is 15.8. The van der Waals surface area contributed by atoms with Crippen LogP contribution in [0.3, 0.4) is 0 Å². The van der Waals surface area contributed by atoms with Crippen molar-refractivity contribution in [2.45, 2.75) is 288 Å². The Morgan fingerprint density at radius 1 is 0.641 bits per heavy atom. The van der Waals surface area contributed by atoms with Gasteiger partial charge in [0, 0.05) is 36.9 Å². The number of hydrogen-bond donors (Lipinski definition) is 9. The molecule has 3 fully saturated rings. The Hall–Kier alpha value is -8.64. The lowest BCUT2D eigenvalue weighted by Gasteiger charge is -2.38. The molecule has 4 aromatic carbocycles. The Bertz CT molecular complexity index is 4170. The number of hydrogen-bond acceptors (Lipinski definition) is 18. The SMILES string of the molecule is CC[C@H](C)[C@H](NC(=O)[C@@H]1C[C@@H]2CCCC[C@@H]2N1C(=O)[C@@H]1CCCN1C(=O)[C@H](CC(C)C)NC(=O)[C@H](COC(C)(C)C)NC(=O)[C@H](CCCN=C(N)NS(=O)(=O)c1c(C)c(C)c2c(c1C)CC(C)(C)O2)NC(=O)[C@@H](N)COC(C)(C)C)C(=O)N[C@@H](CSC(c1ccccc1)(c1ccccc1)c1ccccc1)C(=O)N[C@H](C(=O)OC)[C@@H](C)CC. The predicted octanol–water partition coefficient (Wildman–Crippen LogP) is 8.75. The maximum atomic E-state index is 15.9. The van der Waals surface area contributed by atoms with Gasteiger partial charge in [0.05, 0.1) is 41.2 Å². The van der Waals surface area contributed by atoms with Crippen LogP contribution < -0.4 is 52.8 Å². The van der Waals surface area contributed by atoms with Crippen molar-refractivity contribution in [2.75, 3.05) is 39.2 Å². The van der Waals surface area contributed by atoms with Crippen LogP contribution in [0.25, 0.3) is 0 Å². The molecule has 8 amide bonds. The molecule has 1 saturated carbocycles. The highest BCUT2D eigenvalue weighted by atomic mass is 32.2. The number of aliphatic imine (C=N–C) groups is 1. The number of sulfonamides is 1. The van der Waals surface area contributed by atoms with Gasteiger partial charge in [-0.3, -0.25) is 43.3 Å². The van der Waals surface area contributed by atoms with Crippen molar-refractivity contribution in [1.29, 1.82) is 0 Å². The van der Waals surface area contributed by atoms with Crippen LogP contribution >= 0.6 is 11.8 Å². The first-order chi connectivity index (χ1) is 55.1. The second-order valence-corrected chi connectivity index (χ2v) is 37.9. The molecule has 3 aliphatic heterocycles. The zero-order valence-electron chi connectivity index (χ0n) is 71.9. The molecule has 0 unspecified atom stereocenters. The van der Waals surface area contributed by atoms with Gasteiger partial charge in [-0.15, -0.1) is 11.8 Å². The Morgan fingerprint density at radius 3 is 1.74 bits per heavy atom. The van der Waals surface area contributed by atoms with Crippen LogP contribution in [-0.4, -0.2) is 194 Å². The number of nitrogens with two attached hydrogens (primary N) is 2. The zero-order chi connectivity index (χ0) is 86.2. The van der Waals surface area contributed by atoms with Gasteiger partial charge in [-0.1, -0.05) is 158 Å². The van der Waals surface area contributed by atoms with Crippen molar-refractivity contribution in [3.05, 3.63) is 130 Å². The van der Waals surface area contributed by atoms with E-state index in [2.05, 4.69) is 41.6 Å². The largest absolute Gasteiger partial charge is 0.487 e. The number of carbonyl (C=O) groups excluding carboxylic acids is 9. The second kappa shape index (κ2) is 40.9. The van der Waals surface area contributed by atoms with Gasteiger partial charge in [-0.05, 0) is 185 Å². The number of thioether (sulfide) groups is 1. The molecule has 0 radical (unpaired) electrons. The predicted molar refractivity (Wildman–Crippen MR) is 454 cm³/mol. The molecule has 13 atom stereocenters. The smallest absolute Gasteiger partial charge is 0.328 e. The van der Waals surface area contributed by atoms with Gasteiger partial charge >= 0.3 is 5.97 Å². The van der Waals surface area contributed by atoms with Crippen LogP contribution in [-0.2, 0) is 78.6 Å². The number of benzene rings is 4. The van der Waals surface area contributed by atoms with E-state index in [-0.39, 0.29) is 79.8 Å². The normalized spacial score (nSPS) is 19.8. The van der Waals surface area contributed by atoms with Gasteiger partial charge < -0.3 is 72.1 Å². The number of nitrogens with zero attached hydrogens (tertiary/aromatic N) is 3. The minimum absolute atomic E-state index is 0.0193. The fourth-order valence-corrected chi connectivity index (χ4v) is 19.3.